The van der Waals surface area contributed by atoms with Gasteiger partial charge in [-0.15, -0.1) is 0 Å². The molecule has 0 amide bonds. The maximum absolute atomic E-state index is 11.6. The number of carboxylic acids is 1. The topological polar surface area (TPSA) is 67.6 Å². The number of hydrogen-bond donors (Lipinski definition) is 1. The molecular weight excluding hydrogens is 422 g/mol. The molecule has 0 spiro atoms. The van der Waals surface area contributed by atoms with Gasteiger partial charge >= 0.3 is 5.97 Å². The van der Waals surface area contributed by atoms with Gasteiger partial charge in [0.15, 0.2) is 0 Å². The van der Waals surface area contributed by atoms with Gasteiger partial charge in [0.05, 0.1) is 6.54 Å². The van der Waals surface area contributed by atoms with Crippen LogP contribution in [0.2, 0.25) is 0 Å². The fourth-order valence-electron chi connectivity index (χ4n) is 2.84. The van der Waals surface area contributed by atoms with E-state index in [1.54, 1.807) is 23.2 Å². The lowest BCUT2D eigenvalue weighted by atomic mass is 10.1. The Morgan fingerprint density at radius 2 is 2.04 bits per heavy atom. The summed E-state index contributed by atoms with van der Waals surface area (Å²) in [5, 5.41) is 9.54. The molecule has 3 aromatic rings. The van der Waals surface area contributed by atoms with E-state index in [2.05, 4.69) is 20.9 Å². The van der Waals surface area contributed by atoms with E-state index in [-0.39, 0.29) is 0 Å². The summed E-state index contributed by atoms with van der Waals surface area (Å²) in [5.41, 5.74) is 0.940. The number of anilines is 1. The zero-order chi connectivity index (χ0) is 19.9. The molecule has 0 fully saturated rings. The number of ether oxygens (including phenoxy) is 1. The van der Waals surface area contributed by atoms with Crippen LogP contribution in [0.25, 0.3) is 0 Å². The molecule has 1 aromatic carbocycles. The third-order valence-electron chi connectivity index (χ3n) is 4.41. The normalized spacial score (nSPS) is 11.8. The molecule has 0 unspecified atom stereocenters. The lowest BCUT2D eigenvalue weighted by Crippen LogP contribution is -2.24. The van der Waals surface area contributed by atoms with Gasteiger partial charge in [-0.05, 0) is 51.8 Å². The van der Waals surface area contributed by atoms with Crippen molar-refractivity contribution in [3.05, 3.63) is 77.2 Å². The van der Waals surface area contributed by atoms with Crippen LogP contribution in [0, 0.1) is 0 Å². The van der Waals surface area contributed by atoms with Crippen molar-refractivity contribution in [1.82, 2.24) is 9.55 Å². The minimum atomic E-state index is -0.860. The summed E-state index contributed by atoms with van der Waals surface area (Å²) < 4.78 is 8.35. The molecule has 3 rings (SSSR count). The maximum atomic E-state index is 11.6. The zero-order valence-corrected chi connectivity index (χ0v) is 17.1. The van der Waals surface area contributed by atoms with Gasteiger partial charge in [0.2, 0.25) is 0 Å². The predicted molar refractivity (Wildman–Crippen MR) is 112 cm³/mol. The van der Waals surface area contributed by atoms with Gasteiger partial charge in [-0.25, -0.2) is 9.78 Å². The molecule has 2 aromatic heterocycles. The molecule has 2 heterocycles. The van der Waals surface area contributed by atoms with E-state index < -0.39 is 12.0 Å². The zero-order valence-electron chi connectivity index (χ0n) is 15.5. The number of aliphatic carboxylic acids is 1. The molecule has 28 heavy (non-hydrogen) atoms. The van der Waals surface area contributed by atoms with Crippen molar-refractivity contribution in [2.45, 2.75) is 12.5 Å². The molecule has 146 valence electrons. The van der Waals surface area contributed by atoms with Gasteiger partial charge < -0.3 is 19.3 Å². The summed E-state index contributed by atoms with van der Waals surface area (Å²) in [4.78, 5) is 18.0. The van der Waals surface area contributed by atoms with E-state index in [4.69, 9.17) is 4.74 Å². The van der Waals surface area contributed by atoms with E-state index >= 15 is 0 Å². The molecule has 0 saturated heterocycles. The van der Waals surface area contributed by atoms with Crippen LogP contribution in [0.4, 0.5) is 5.82 Å². The highest BCUT2D eigenvalue weighted by molar-refractivity contribution is 9.10. The Balaban J connectivity index is 1.53. The first kappa shape index (κ1) is 19.9. The molecule has 0 saturated carbocycles. The number of benzene rings is 1. The largest absolute Gasteiger partial charge is 0.492 e. The second-order valence-corrected chi connectivity index (χ2v) is 7.35. The SMILES string of the molecule is CN(CCOc1ccc(C[C@@H](C(=O)O)n2ccc(Br)c2)cc1)c1ccccn1. The lowest BCUT2D eigenvalue weighted by molar-refractivity contribution is -0.140. The highest BCUT2D eigenvalue weighted by atomic mass is 79.9. The highest BCUT2D eigenvalue weighted by Gasteiger charge is 2.19. The average Bonchev–Trinajstić information content (AvgIpc) is 3.13. The average molecular weight is 444 g/mol. The van der Waals surface area contributed by atoms with Crippen LogP contribution >= 0.6 is 15.9 Å². The number of carbonyl (C=O) groups is 1. The Morgan fingerprint density at radius 3 is 2.64 bits per heavy atom. The van der Waals surface area contributed by atoms with Gasteiger partial charge in [0, 0.05) is 36.5 Å². The minimum absolute atomic E-state index is 0.402. The molecule has 7 heteroatoms. The summed E-state index contributed by atoms with van der Waals surface area (Å²) in [7, 11) is 1.97. The number of rotatable bonds is 9. The first-order valence-corrected chi connectivity index (χ1v) is 9.72. The molecule has 6 nitrogen and oxygen atoms in total. The van der Waals surface area contributed by atoms with Crippen LogP contribution in [0.1, 0.15) is 11.6 Å². The Hall–Kier alpha value is -2.80. The second-order valence-electron chi connectivity index (χ2n) is 6.44. The van der Waals surface area contributed by atoms with E-state index in [9.17, 15) is 9.90 Å². The first-order valence-electron chi connectivity index (χ1n) is 8.92. The highest BCUT2D eigenvalue weighted by Crippen LogP contribution is 2.21. The summed E-state index contributed by atoms with van der Waals surface area (Å²) in [6.45, 7) is 1.24. The van der Waals surface area contributed by atoms with Crippen LogP contribution < -0.4 is 9.64 Å². The smallest absolute Gasteiger partial charge is 0.327 e. The standard InChI is InChI=1S/C21H22BrN3O3/c1-24(20-4-2-3-10-23-20)12-13-28-18-7-5-16(6-8-18)14-19(21(26)27)25-11-9-17(22)15-25/h2-11,15,19H,12-14H2,1H3,(H,26,27)/t19-/m0/s1. The van der Waals surface area contributed by atoms with Crippen molar-refractivity contribution in [3.8, 4) is 5.75 Å². The molecule has 1 atom stereocenters. The Morgan fingerprint density at radius 1 is 1.25 bits per heavy atom. The summed E-state index contributed by atoms with van der Waals surface area (Å²) in [6.07, 6.45) is 5.70. The van der Waals surface area contributed by atoms with Crippen LogP contribution in [-0.2, 0) is 11.2 Å². The number of halogens is 1. The molecule has 0 aliphatic heterocycles. The van der Waals surface area contributed by atoms with E-state index in [0.29, 0.717) is 19.6 Å². The summed E-state index contributed by atoms with van der Waals surface area (Å²) >= 11 is 3.36. The predicted octanol–water partition coefficient (Wildman–Crippen LogP) is 4.03. The quantitative estimate of drug-likeness (QED) is 0.540. The van der Waals surface area contributed by atoms with Gasteiger partial charge in [-0.1, -0.05) is 18.2 Å². The van der Waals surface area contributed by atoms with Crippen LogP contribution in [0.3, 0.4) is 0 Å². The van der Waals surface area contributed by atoms with Crippen molar-refractivity contribution in [1.29, 1.82) is 0 Å². The lowest BCUT2D eigenvalue weighted by Gasteiger charge is -2.18. The molecule has 0 radical (unpaired) electrons. The Labute approximate surface area is 172 Å². The van der Waals surface area contributed by atoms with E-state index in [1.165, 1.54) is 0 Å². The fourth-order valence-corrected chi connectivity index (χ4v) is 3.19. The number of hydrogen-bond acceptors (Lipinski definition) is 4. The van der Waals surface area contributed by atoms with Crippen molar-refractivity contribution in [2.24, 2.45) is 0 Å². The van der Waals surface area contributed by atoms with Crippen LogP contribution in [0.5, 0.6) is 5.75 Å². The molecule has 1 N–H and O–H groups in total. The Bertz CT molecular complexity index is 897. The van der Waals surface area contributed by atoms with E-state index in [0.717, 1.165) is 21.6 Å². The monoisotopic (exact) mass is 443 g/mol. The van der Waals surface area contributed by atoms with Gasteiger partial charge in [-0.2, -0.15) is 0 Å². The number of nitrogens with zero attached hydrogens (tertiary/aromatic N) is 3. The number of aromatic nitrogens is 2. The third kappa shape index (κ3) is 5.36. The minimum Gasteiger partial charge on any atom is -0.492 e. The third-order valence-corrected chi connectivity index (χ3v) is 4.88. The van der Waals surface area contributed by atoms with E-state index in [1.807, 2.05) is 60.5 Å². The number of likely N-dealkylation sites (N-methyl/N-ethyl adjacent to an activating group) is 1. The molecule has 0 bridgehead atoms. The first-order chi connectivity index (χ1) is 13.5. The fraction of sp³-hybridized carbons (Fsp3) is 0.238. The van der Waals surface area contributed by atoms with Crippen molar-refractivity contribution >= 4 is 27.7 Å². The van der Waals surface area contributed by atoms with Gasteiger partial charge in [0.25, 0.3) is 0 Å². The molecule has 0 aliphatic carbocycles. The van der Waals surface area contributed by atoms with Crippen LogP contribution in [-0.4, -0.2) is 40.8 Å². The second kappa shape index (κ2) is 9.41. The van der Waals surface area contributed by atoms with Crippen molar-refractivity contribution in [3.63, 3.8) is 0 Å². The van der Waals surface area contributed by atoms with Crippen molar-refractivity contribution < 1.29 is 14.6 Å². The Kier molecular flexibility index (Phi) is 6.71. The van der Waals surface area contributed by atoms with Gasteiger partial charge in [-0.3, -0.25) is 0 Å². The molecule has 0 aliphatic rings. The maximum Gasteiger partial charge on any atom is 0.327 e. The summed E-state index contributed by atoms with van der Waals surface area (Å²) in [5.74, 6) is 0.799. The number of carboxylic acid groups (broad SMARTS) is 1. The summed E-state index contributed by atoms with van der Waals surface area (Å²) in [6, 6.07) is 14.5. The number of pyridine rings is 1. The van der Waals surface area contributed by atoms with Crippen molar-refractivity contribution in [2.75, 3.05) is 25.1 Å². The van der Waals surface area contributed by atoms with Gasteiger partial charge in [0.1, 0.15) is 24.2 Å². The van der Waals surface area contributed by atoms with Crippen LogP contribution in [0.15, 0.2) is 71.6 Å². The molecular formula is C21H22BrN3O3.